The van der Waals surface area contributed by atoms with Gasteiger partial charge in [-0.15, -0.1) is 0 Å². The molecule has 0 radical (unpaired) electrons. The number of hydrogen-bond acceptors (Lipinski definition) is 6. The van der Waals surface area contributed by atoms with Crippen LogP contribution in [0.1, 0.15) is 43.7 Å². The number of aromatic nitrogens is 2. The number of fused-ring (bicyclic) bond motifs is 1. The Morgan fingerprint density at radius 2 is 1.77 bits per heavy atom. The number of aromatic amines is 1. The molecule has 2 N–H and O–H groups in total. The molecule has 0 saturated heterocycles. The van der Waals surface area contributed by atoms with Crippen LogP contribution >= 0.6 is 0 Å². The Morgan fingerprint density at radius 1 is 1.07 bits per heavy atom. The van der Waals surface area contributed by atoms with Crippen molar-refractivity contribution in [3.63, 3.8) is 0 Å². The monoisotopic (exact) mass is 411 g/mol. The van der Waals surface area contributed by atoms with Crippen molar-refractivity contribution in [1.82, 2.24) is 9.55 Å². The lowest BCUT2D eigenvalue weighted by Gasteiger charge is -2.39. The topological polar surface area (TPSA) is 102 Å². The molecule has 0 spiro atoms. The summed E-state index contributed by atoms with van der Waals surface area (Å²) in [6.45, 7) is 4.07. The highest BCUT2D eigenvalue weighted by atomic mass is 16.5. The van der Waals surface area contributed by atoms with Crippen molar-refractivity contribution in [2.75, 3.05) is 19.5 Å². The SMILES string of the molecule is COc1ccc([C@@H]2C3=C(CC(C)(C)CC3=O)Nc3c2c(=O)[nH]c(=O)n3C)cc1OC. The van der Waals surface area contributed by atoms with E-state index in [2.05, 4.69) is 10.3 Å². The van der Waals surface area contributed by atoms with Gasteiger partial charge in [0.15, 0.2) is 17.3 Å². The van der Waals surface area contributed by atoms with Gasteiger partial charge < -0.3 is 14.8 Å². The van der Waals surface area contributed by atoms with Gasteiger partial charge in [-0.3, -0.25) is 19.1 Å². The van der Waals surface area contributed by atoms with Gasteiger partial charge in [0.2, 0.25) is 0 Å². The van der Waals surface area contributed by atoms with Crippen molar-refractivity contribution >= 4 is 11.6 Å². The molecule has 1 aliphatic heterocycles. The van der Waals surface area contributed by atoms with Crippen LogP contribution in [0.25, 0.3) is 0 Å². The number of allylic oxidation sites excluding steroid dienone is 2. The molecule has 0 unspecified atom stereocenters. The quantitative estimate of drug-likeness (QED) is 0.804. The van der Waals surface area contributed by atoms with Gasteiger partial charge in [-0.2, -0.15) is 0 Å². The van der Waals surface area contributed by atoms with E-state index in [-0.39, 0.29) is 11.2 Å². The molecule has 8 nitrogen and oxygen atoms in total. The smallest absolute Gasteiger partial charge is 0.329 e. The van der Waals surface area contributed by atoms with Gasteiger partial charge in [-0.05, 0) is 29.5 Å². The van der Waals surface area contributed by atoms with Crippen molar-refractivity contribution in [2.24, 2.45) is 12.5 Å². The number of ketones is 1. The normalized spacial score (nSPS) is 19.6. The van der Waals surface area contributed by atoms with E-state index in [1.807, 2.05) is 19.9 Å². The van der Waals surface area contributed by atoms with E-state index in [0.29, 0.717) is 41.3 Å². The molecule has 1 aromatic carbocycles. The molecule has 1 aromatic heterocycles. The van der Waals surface area contributed by atoms with E-state index in [1.54, 1.807) is 26.3 Å². The predicted molar refractivity (Wildman–Crippen MR) is 112 cm³/mol. The average molecular weight is 411 g/mol. The molecule has 0 saturated carbocycles. The second kappa shape index (κ2) is 6.90. The number of carbonyl (C=O) groups is 1. The lowest BCUT2D eigenvalue weighted by Crippen LogP contribution is -2.41. The number of carbonyl (C=O) groups excluding carboxylic acids is 1. The summed E-state index contributed by atoms with van der Waals surface area (Å²) < 4.78 is 12.1. The summed E-state index contributed by atoms with van der Waals surface area (Å²) >= 11 is 0. The Kier molecular flexibility index (Phi) is 4.60. The van der Waals surface area contributed by atoms with Crippen molar-refractivity contribution in [2.45, 2.75) is 32.6 Å². The first-order valence-corrected chi connectivity index (χ1v) is 9.75. The number of nitrogens with zero attached hydrogens (tertiary/aromatic N) is 1. The number of anilines is 1. The number of rotatable bonds is 3. The summed E-state index contributed by atoms with van der Waals surface area (Å²) in [4.78, 5) is 40.8. The fourth-order valence-corrected chi connectivity index (χ4v) is 4.49. The van der Waals surface area contributed by atoms with Gasteiger partial charge in [-0.25, -0.2) is 4.79 Å². The maximum atomic E-state index is 13.2. The lowest BCUT2D eigenvalue weighted by molar-refractivity contribution is -0.118. The molecular formula is C22H25N3O5. The highest BCUT2D eigenvalue weighted by Gasteiger charge is 2.42. The van der Waals surface area contributed by atoms with E-state index in [1.165, 1.54) is 11.7 Å². The van der Waals surface area contributed by atoms with E-state index in [0.717, 1.165) is 11.3 Å². The zero-order valence-corrected chi connectivity index (χ0v) is 17.7. The molecule has 1 atom stereocenters. The van der Waals surface area contributed by atoms with Crippen LogP contribution < -0.4 is 26.0 Å². The summed E-state index contributed by atoms with van der Waals surface area (Å²) in [7, 11) is 4.68. The third-order valence-corrected chi connectivity index (χ3v) is 5.87. The van der Waals surface area contributed by atoms with Crippen LogP contribution in [0.5, 0.6) is 11.5 Å². The van der Waals surface area contributed by atoms with Crippen LogP contribution in [0.4, 0.5) is 5.82 Å². The predicted octanol–water partition coefficient (Wildman–Crippen LogP) is 2.29. The molecule has 30 heavy (non-hydrogen) atoms. The number of Topliss-reactive ketones (excluding diaryl/α,β-unsaturated/α-hetero) is 1. The minimum absolute atomic E-state index is 0.00700. The van der Waals surface area contributed by atoms with Crippen LogP contribution in [-0.4, -0.2) is 29.6 Å². The summed E-state index contributed by atoms with van der Waals surface area (Å²) in [6.07, 6.45) is 1.02. The number of nitrogens with one attached hydrogen (secondary N) is 2. The van der Waals surface area contributed by atoms with Gasteiger partial charge in [0.05, 0.1) is 19.8 Å². The molecule has 4 rings (SSSR count). The summed E-state index contributed by atoms with van der Waals surface area (Å²) in [5.41, 5.74) is 1.15. The standard InChI is InChI=1S/C22H25N3O5/c1-22(2)9-12-17(13(26)10-22)16(11-6-7-14(29-4)15(8-11)30-5)18-19(23-12)25(3)21(28)24-20(18)27/h6-8,16,23H,9-10H2,1-5H3,(H,24,27,28)/t16-/m1/s1. The van der Waals surface area contributed by atoms with E-state index >= 15 is 0 Å². The molecule has 0 fully saturated rings. The summed E-state index contributed by atoms with van der Waals surface area (Å²) in [5, 5.41) is 3.23. The first-order valence-electron chi connectivity index (χ1n) is 9.75. The fourth-order valence-electron chi connectivity index (χ4n) is 4.49. The third-order valence-electron chi connectivity index (χ3n) is 5.87. The molecule has 1 aliphatic carbocycles. The van der Waals surface area contributed by atoms with Gasteiger partial charge in [0.1, 0.15) is 5.82 Å². The van der Waals surface area contributed by atoms with Crippen molar-refractivity contribution in [3.05, 3.63) is 61.4 Å². The molecule has 0 bridgehead atoms. The van der Waals surface area contributed by atoms with E-state index < -0.39 is 17.2 Å². The Labute approximate surface area is 173 Å². The Bertz CT molecular complexity index is 1200. The Balaban J connectivity index is 2.03. The molecule has 0 amide bonds. The zero-order chi connectivity index (χ0) is 21.8. The number of H-pyrrole nitrogens is 1. The minimum Gasteiger partial charge on any atom is -0.493 e. The minimum atomic E-state index is -0.616. The van der Waals surface area contributed by atoms with Crippen LogP contribution in [0.3, 0.4) is 0 Å². The van der Waals surface area contributed by atoms with Crippen LogP contribution in [0, 0.1) is 5.41 Å². The maximum Gasteiger partial charge on any atom is 0.329 e. The highest BCUT2D eigenvalue weighted by Crippen LogP contribution is 2.48. The second-order valence-corrected chi connectivity index (χ2v) is 8.59. The van der Waals surface area contributed by atoms with Crippen LogP contribution in [0.2, 0.25) is 0 Å². The van der Waals surface area contributed by atoms with Crippen LogP contribution in [-0.2, 0) is 11.8 Å². The van der Waals surface area contributed by atoms with Gasteiger partial charge in [-0.1, -0.05) is 19.9 Å². The average Bonchev–Trinajstić information content (AvgIpc) is 2.69. The Morgan fingerprint density at radius 3 is 2.43 bits per heavy atom. The third kappa shape index (κ3) is 3.03. The second-order valence-electron chi connectivity index (χ2n) is 8.59. The number of hydrogen-bond donors (Lipinski definition) is 2. The number of ether oxygens (including phenoxy) is 2. The molecular weight excluding hydrogens is 386 g/mol. The fraction of sp³-hybridized carbons (Fsp3) is 0.409. The number of benzene rings is 1. The lowest BCUT2D eigenvalue weighted by atomic mass is 9.69. The maximum absolute atomic E-state index is 13.2. The first-order chi connectivity index (χ1) is 14.2. The highest BCUT2D eigenvalue weighted by molar-refractivity contribution is 6.01. The largest absolute Gasteiger partial charge is 0.493 e. The number of methoxy groups -OCH3 is 2. The molecule has 2 aliphatic rings. The molecule has 158 valence electrons. The van der Waals surface area contributed by atoms with Crippen molar-refractivity contribution in [1.29, 1.82) is 0 Å². The van der Waals surface area contributed by atoms with Crippen molar-refractivity contribution in [3.8, 4) is 11.5 Å². The summed E-state index contributed by atoms with van der Waals surface area (Å²) in [6, 6.07) is 5.35. The van der Waals surface area contributed by atoms with Gasteiger partial charge >= 0.3 is 5.69 Å². The van der Waals surface area contributed by atoms with Crippen LogP contribution in [0.15, 0.2) is 39.1 Å². The molecule has 2 aromatic rings. The molecule has 8 heteroatoms. The Hall–Kier alpha value is -3.29. The van der Waals surface area contributed by atoms with E-state index in [9.17, 15) is 14.4 Å². The summed E-state index contributed by atoms with van der Waals surface area (Å²) in [5.74, 6) is 0.840. The molecule has 2 heterocycles. The van der Waals surface area contributed by atoms with Gasteiger partial charge in [0.25, 0.3) is 5.56 Å². The zero-order valence-electron chi connectivity index (χ0n) is 17.7. The van der Waals surface area contributed by atoms with Crippen molar-refractivity contribution < 1.29 is 14.3 Å². The van der Waals surface area contributed by atoms with Gasteiger partial charge in [0, 0.05) is 30.7 Å². The van der Waals surface area contributed by atoms with E-state index in [4.69, 9.17) is 9.47 Å². The first kappa shape index (κ1) is 20.0.